The van der Waals surface area contributed by atoms with Gasteiger partial charge in [-0.2, -0.15) is 0 Å². The molecule has 7 aromatic rings. The van der Waals surface area contributed by atoms with Crippen LogP contribution in [0.1, 0.15) is 55.5 Å². The van der Waals surface area contributed by atoms with E-state index < -0.39 is 0 Å². The van der Waals surface area contributed by atoms with E-state index in [1.54, 1.807) is 0 Å². The summed E-state index contributed by atoms with van der Waals surface area (Å²) in [5.74, 6) is 0. The smallest absolute Gasteiger partial charge is 0.0159 e. The van der Waals surface area contributed by atoms with Crippen LogP contribution in [-0.2, 0) is 10.8 Å². The van der Waals surface area contributed by atoms with E-state index in [-0.39, 0.29) is 10.8 Å². The second-order valence-corrected chi connectivity index (χ2v) is 14.1. The molecule has 0 radical (unpaired) electrons. The van der Waals surface area contributed by atoms with Crippen LogP contribution in [0.25, 0.3) is 66.1 Å². The molecule has 0 spiro atoms. The molecule has 0 saturated carbocycles. The van der Waals surface area contributed by atoms with Crippen LogP contribution in [0.15, 0.2) is 127 Å². The van der Waals surface area contributed by atoms with E-state index in [9.17, 15) is 0 Å². The molecule has 0 aromatic heterocycles. The molecule has 0 heteroatoms. The monoisotopic (exact) mass is 576 g/mol. The second kappa shape index (κ2) is 9.05. The van der Waals surface area contributed by atoms with Crippen molar-refractivity contribution in [2.24, 2.45) is 0 Å². The summed E-state index contributed by atoms with van der Waals surface area (Å²) in [6.07, 6.45) is 0. The molecule has 0 heterocycles. The van der Waals surface area contributed by atoms with Crippen molar-refractivity contribution in [3.63, 3.8) is 0 Å². The van der Waals surface area contributed by atoms with Crippen molar-refractivity contribution in [1.29, 1.82) is 0 Å². The molecule has 0 atom stereocenters. The molecule has 216 valence electrons. The zero-order chi connectivity index (χ0) is 30.7. The molecular weight excluding hydrogens is 540 g/mol. The van der Waals surface area contributed by atoms with Gasteiger partial charge >= 0.3 is 0 Å². The normalized spacial score (nSPS) is 15.1. The maximum absolute atomic E-state index is 2.42. The van der Waals surface area contributed by atoms with Gasteiger partial charge in [0, 0.05) is 10.8 Å². The van der Waals surface area contributed by atoms with Crippen molar-refractivity contribution in [2.75, 3.05) is 0 Å². The van der Waals surface area contributed by atoms with Gasteiger partial charge in [0.05, 0.1) is 0 Å². The van der Waals surface area contributed by atoms with Gasteiger partial charge in [0.2, 0.25) is 0 Å². The Labute approximate surface area is 266 Å². The highest BCUT2D eigenvalue weighted by molar-refractivity contribution is 6.24. The molecular formula is C45H36. The highest BCUT2D eigenvalue weighted by Crippen LogP contribution is 2.57. The largest absolute Gasteiger partial charge is 0.0619 e. The molecule has 0 nitrogen and oxygen atoms in total. The average Bonchev–Trinajstić information content (AvgIpc) is 3.44. The Morgan fingerprint density at radius 1 is 0.333 bits per heavy atom. The Balaban J connectivity index is 1.44. The highest BCUT2D eigenvalue weighted by Gasteiger charge is 2.39. The number of hydrogen-bond donors (Lipinski definition) is 0. The van der Waals surface area contributed by atoms with Crippen molar-refractivity contribution in [2.45, 2.75) is 45.4 Å². The molecule has 9 rings (SSSR count). The zero-order valence-corrected chi connectivity index (χ0v) is 26.6. The molecule has 2 aliphatic carbocycles. The summed E-state index contributed by atoms with van der Waals surface area (Å²) in [6.45, 7) is 11.7. The third-order valence-corrected chi connectivity index (χ3v) is 10.9. The number of fused-ring (bicyclic) bond motifs is 8. The summed E-state index contributed by atoms with van der Waals surface area (Å²) >= 11 is 0. The molecule has 45 heavy (non-hydrogen) atoms. The van der Waals surface area contributed by atoms with Gasteiger partial charge in [-0.05, 0) is 95.2 Å². The van der Waals surface area contributed by atoms with Crippen LogP contribution in [0.2, 0.25) is 0 Å². The fraction of sp³-hybridized carbons (Fsp3) is 0.156. The van der Waals surface area contributed by atoms with Gasteiger partial charge in [-0.15, -0.1) is 0 Å². The summed E-state index contributed by atoms with van der Waals surface area (Å²) in [4.78, 5) is 0. The molecule has 0 aliphatic heterocycles. The summed E-state index contributed by atoms with van der Waals surface area (Å²) in [6, 6.07) is 48.2. The number of benzene rings is 7. The zero-order valence-electron chi connectivity index (χ0n) is 26.6. The fourth-order valence-corrected chi connectivity index (χ4v) is 8.80. The van der Waals surface area contributed by atoms with Crippen molar-refractivity contribution in [1.82, 2.24) is 0 Å². The molecule has 0 unspecified atom stereocenters. The van der Waals surface area contributed by atoms with Gasteiger partial charge in [-0.25, -0.2) is 0 Å². The first-order valence-corrected chi connectivity index (χ1v) is 16.2. The lowest BCUT2D eigenvalue weighted by Crippen LogP contribution is -2.14. The highest BCUT2D eigenvalue weighted by atomic mass is 14.4. The van der Waals surface area contributed by atoms with E-state index in [1.807, 2.05) is 0 Å². The average molecular weight is 577 g/mol. The van der Waals surface area contributed by atoms with Gasteiger partial charge in [-0.1, -0.05) is 161 Å². The van der Waals surface area contributed by atoms with E-state index in [0.29, 0.717) is 0 Å². The first kappa shape index (κ1) is 26.5. The van der Waals surface area contributed by atoms with E-state index in [0.717, 1.165) is 0 Å². The van der Waals surface area contributed by atoms with Crippen LogP contribution in [0.3, 0.4) is 0 Å². The molecule has 0 fully saturated rings. The van der Waals surface area contributed by atoms with Crippen LogP contribution >= 0.6 is 0 Å². The lowest BCUT2D eigenvalue weighted by Gasteiger charge is -2.24. The summed E-state index contributed by atoms with van der Waals surface area (Å²) < 4.78 is 0. The van der Waals surface area contributed by atoms with Crippen molar-refractivity contribution >= 4 is 21.5 Å². The molecule has 7 aromatic carbocycles. The molecule has 2 aliphatic rings. The lowest BCUT2D eigenvalue weighted by molar-refractivity contribution is 0.660. The van der Waals surface area contributed by atoms with Gasteiger partial charge in [0.15, 0.2) is 0 Å². The van der Waals surface area contributed by atoms with Crippen LogP contribution in [-0.4, -0.2) is 0 Å². The minimum absolute atomic E-state index is 0.0468. The maximum Gasteiger partial charge on any atom is 0.0159 e. The third kappa shape index (κ3) is 3.43. The fourth-order valence-electron chi connectivity index (χ4n) is 8.80. The minimum Gasteiger partial charge on any atom is -0.0619 e. The summed E-state index contributed by atoms with van der Waals surface area (Å²) in [7, 11) is 0. The SMILES string of the molecule is Cc1ccc2c(-c3cccc4c3-c3ccccc3C4(C)C)c3ccccc3c(-c3cccc4c3-c3ccccc3C4(C)C)c2c1. The molecule has 0 bridgehead atoms. The second-order valence-electron chi connectivity index (χ2n) is 14.1. The molecule has 0 saturated heterocycles. The maximum atomic E-state index is 2.42. The first-order chi connectivity index (χ1) is 21.8. The van der Waals surface area contributed by atoms with Gasteiger partial charge in [0.1, 0.15) is 0 Å². The predicted molar refractivity (Wildman–Crippen MR) is 192 cm³/mol. The number of rotatable bonds is 2. The van der Waals surface area contributed by atoms with Gasteiger partial charge < -0.3 is 0 Å². The van der Waals surface area contributed by atoms with Crippen molar-refractivity contribution < 1.29 is 0 Å². The Morgan fingerprint density at radius 3 is 1.27 bits per heavy atom. The predicted octanol–water partition coefficient (Wildman–Crippen LogP) is 12.2. The van der Waals surface area contributed by atoms with Gasteiger partial charge in [-0.3, -0.25) is 0 Å². The standard InChI is InChI=1S/C45H36/c1-27-24-25-30-35(26-27)41(34-19-13-23-39-43(34)32-17-9-11-21-37(32)45(39,4)5)29-15-7-6-14-28(29)40(30)33-18-12-22-38-42(33)31-16-8-10-20-36(31)44(38,2)3/h6-26H,1-5H3. The Bertz CT molecular complexity index is 2380. The van der Waals surface area contributed by atoms with Crippen molar-refractivity contribution in [3.8, 4) is 44.5 Å². The minimum atomic E-state index is -0.0474. The van der Waals surface area contributed by atoms with Crippen molar-refractivity contribution in [3.05, 3.63) is 155 Å². The lowest BCUT2D eigenvalue weighted by atomic mass is 9.79. The molecule has 0 amide bonds. The van der Waals surface area contributed by atoms with Crippen LogP contribution in [0.5, 0.6) is 0 Å². The van der Waals surface area contributed by atoms with E-state index >= 15 is 0 Å². The number of aryl methyl sites for hydroxylation is 1. The quantitative estimate of drug-likeness (QED) is 0.180. The van der Waals surface area contributed by atoms with Crippen LogP contribution in [0.4, 0.5) is 0 Å². The Kier molecular flexibility index (Phi) is 5.32. The molecule has 0 N–H and O–H groups in total. The van der Waals surface area contributed by atoms with Crippen LogP contribution < -0.4 is 0 Å². The van der Waals surface area contributed by atoms with Crippen LogP contribution in [0, 0.1) is 6.92 Å². The topological polar surface area (TPSA) is 0 Å². The third-order valence-electron chi connectivity index (χ3n) is 10.9. The van der Waals surface area contributed by atoms with E-state index in [1.165, 1.54) is 93.9 Å². The summed E-state index contributed by atoms with van der Waals surface area (Å²) in [5, 5.41) is 5.25. The number of hydrogen-bond acceptors (Lipinski definition) is 0. The first-order valence-electron chi connectivity index (χ1n) is 16.2. The summed E-state index contributed by atoms with van der Waals surface area (Å²) in [5.41, 5.74) is 17.7. The van der Waals surface area contributed by atoms with E-state index in [4.69, 9.17) is 0 Å². The van der Waals surface area contributed by atoms with E-state index in [2.05, 4.69) is 162 Å². The Hall–Kier alpha value is -4.94. The Morgan fingerprint density at radius 2 is 0.733 bits per heavy atom. The van der Waals surface area contributed by atoms with Gasteiger partial charge in [0.25, 0.3) is 0 Å².